The van der Waals surface area contributed by atoms with Crippen molar-refractivity contribution in [2.45, 2.75) is 37.1 Å². The molecule has 1 fully saturated rings. The summed E-state index contributed by atoms with van der Waals surface area (Å²) in [6.45, 7) is 0.227. The molecule has 40 heavy (non-hydrogen) atoms. The lowest BCUT2D eigenvalue weighted by Gasteiger charge is -2.33. The average Bonchev–Trinajstić information content (AvgIpc) is 3.70. The third kappa shape index (κ3) is 6.83. The van der Waals surface area contributed by atoms with Crippen LogP contribution >= 0.6 is 22.7 Å². The minimum absolute atomic E-state index is 0.114. The molecule has 5 rings (SSSR count). The Morgan fingerprint density at radius 3 is 1.45 bits per heavy atom. The van der Waals surface area contributed by atoms with Crippen LogP contribution in [0.5, 0.6) is 0 Å². The lowest BCUT2D eigenvalue weighted by Crippen LogP contribution is -2.51. The molecule has 2 aromatic heterocycles. The molecular formula is C33H30N2O3S2. The van der Waals surface area contributed by atoms with E-state index in [0.717, 1.165) is 22.3 Å². The SMILES string of the molecule is O=C1N(CC#Cc2ccsc2)[C@H](Cc2ccccc2)[C@H](O)[C@@H](O)[C@@H](Cc2ccccc2)N1CC#Cc1ccsc1. The summed E-state index contributed by atoms with van der Waals surface area (Å²) in [5, 5.41) is 31.1. The van der Waals surface area contributed by atoms with Crippen molar-refractivity contribution in [1.82, 2.24) is 9.80 Å². The lowest BCUT2D eigenvalue weighted by molar-refractivity contribution is -0.0374. The second-order valence-corrected chi connectivity index (χ2v) is 11.2. The average molecular weight is 567 g/mol. The number of carbonyl (C=O) groups excluding carboxylic acids is 1. The van der Waals surface area contributed by atoms with E-state index in [1.807, 2.05) is 94.3 Å². The second kappa shape index (κ2) is 13.5. The number of amides is 2. The fourth-order valence-electron chi connectivity index (χ4n) is 4.94. The Labute approximate surface area is 243 Å². The number of nitrogens with zero attached hydrogens (tertiary/aromatic N) is 2. The third-order valence-electron chi connectivity index (χ3n) is 7.01. The molecule has 2 N–H and O–H groups in total. The summed E-state index contributed by atoms with van der Waals surface area (Å²) in [6.07, 6.45) is -1.60. The van der Waals surface area contributed by atoms with E-state index in [4.69, 9.17) is 0 Å². The van der Waals surface area contributed by atoms with Crippen molar-refractivity contribution in [3.8, 4) is 23.7 Å². The Bertz CT molecular complexity index is 1370. The van der Waals surface area contributed by atoms with Gasteiger partial charge in [0.15, 0.2) is 0 Å². The summed E-state index contributed by atoms with van der Waals surface area (Å²) in [5.41, 5.74) is 3.70. The second-order valence-electron chi connectivity index (χ2n) is 9.66. The Balaban J connectivity index is 1.52. The zero-order valence-corrected chi connectivity index (χ0v) is 23.5. The minimum atomic E-state index is -1.18. The molecule has 0 spiro atoms. The first-order valence-corrected chi connectivity index (χ1v) is 15.0. The van der Waals surface area contributed by atoms with Crippen LogP contribution in [0.2, 0.25) is 0 Å². The maximum Gasteiger partial charge on any atom is 0.322 e. The van der Waals surface area contributed by atoms with Crippen LogP contribution in [0.4, 0.5) is 4.79 Å². The van der Waals surface area contributed by atoms with Gasteiger partial charge < -0.3 is 20.0 Å². The molecule has 1 aliphatic heterocycles. The molecule has 0 aliphatic carbocycles. The third-order valence-corrected chi connectivity index (χ3v) is 8.38. The molecule has 4 atom stereocenters. The predicted octanol–water partition coefficient (Wildman–Crippen LogP) is 4.89. The topological polar surface area (TPSA) is 64.0 Å². The van der Waals surface area contributed by atoms with Crippen molar-refractivity contribution >= 4 is 28.7 Å². The van der Waals surface area contributed by atoms with Gasteiger partial charge in [-0.15, -0.1) is 0 Å². The van der Waals surface area contributed by atoms with Crippen molar-refractivity contribution in [2.75, 3.05) is 13.1 Å². The highest BCUT2D eigenvalue weighted by Crippen LogP contribution is 2.27. The van der Waals surface area contributed by atoms with Crippen molar-refractivity contribution in [2.24, 2.45) is 0 Å². The van der Waals surface area contributed by atoms with Gasteiger partial charge in [0.2, 0.25) is 0 Å². The van der Waals surface area contributed by atoms with Crippen LogP contribution in [0.25, 0.3) is 0 Å². The zero-order valence-electron chi connectivity index (χ0n) is 21.9. The molecular weight excluding hydrogens is 537 g/mol. The van der Waals surface area contributed by atoms with Crippen LogP contribution in [-0.2, 0) is 12.8 Å². The van der Waals surface area contributed by atoms with Gasteiger partial charge in [0.1, 0.15) is 12.2 Å². The van der Waals surface area contributed by atoms with E-state index in [0.29, 0.717) is 12.8 Å². The highest BCUT2D eigenvalue weighted by Gasteiger charge is 2.45. The smallest absolute Gasteiger partial charge is 0.322 e. The number of rotatable bonds is 6. The van der Waals surface area contributed by atoms with E-state index in [2.05, 4.69) is 23.7 Å². The van der Waals surface area contributed by atoms with Gasteiger partial charge >= 0.3 is 6.03 Å². The van der Waals surface area contributed by atoms with Crippen LogP contribution in [-0.4, -0.2) is 63.4 Å². The first kappa shape index (κ1) is 27.7. The zero-order chi connectivity index (χ0) is 27.7. The first-order chi connectivity index (χ1) is 19.6. The van der Waals surface area contributed by atoms with Crippen molar-refractivity contribution < 1.29 is 15.0 Å². The van der Waals surface area contributed by atoms with E-state index in [1.54, 1.807) is 32.5 Å². The molecule has 0 bridgehead atoms. The summed E-state index contributed by atoms with van der Waals surface area (Å²) in [6, 6.07) is 21.7. The Morgan fingerprint density at radius 1 is 0.650 bits per heavy atom. The van der Waals surface area contributed by atoms with Crippen molar-refractivity contribution in [1.29, 1.82) is 0 Å². The van der Waals surface area contributed by atoms with Crippen LogP contribution in [0.15, 0.2) is 94.3 Å². The Morgan fingerprint density at radius 2 is 1.07 bits per heavy atom. The maximum atomic E-state index is 14.3. The Kier molecular flexibility index (Phi) is 9.34. The number of benzene rings is 2. The van der Waals surface area contributed by atoms with E-state index >= 15 is 0 Å². The standard InChI is InChI=1S/C33H30N2O3S2/c36-31-29(21-25-9-3-1-4-10-25)34(17-7-13-27-15-19-39-23-27)33(38)35(18-8-14-28-16-20-40-24-28)30(32(31)37)22-26-11-5-2-6-12-26/h1-6,9-12,15-16,19-20,23-24,29-32,36-37H,17-18,21-22H2/t29-,30-,31+,32+/m1/s1. The number of thiophene rings is 2. The van der Waals surface area contributed by atoms with Crippen molar-refractivity contribution in [3.05, 3.63) is 117 Å². The fourth-order valence-corrected chi connectivity index (χ4v) is 6.12. The molecule has 1 aliphatic rings. The van der Waals surface area contributed by atoms with Gasteiger partial charge in [0.05, 0.1) is 25.2 Å². The summed E-state index contributed by atoms with van der Waals surface area (Å²) in [4.78, 5) is 17.5. The number of aliphatic hydroxyl groups excluding tert-OH is 2. The summed E-state index contributed by atoms with van der Waals surface area (Å²) in [5.74, 6) is 12.5. The van der Waals surface area contributed by atoms with Crippen LogP contribution in [0.1, 0.15) is 22.3 Å². The molecule has 0 unspecified atom stereocenters. The van der Waals surface area contributed by atoms with Crippen molar-refractivity contribution in [3.63, 3.8) is 0 Å². The summed E-state index contributed by atoms with van der Waals surface area (Å²) in [7, 11) is 0. The highest BCUT2D eigenvalue weighted by atomic mass is 32.1. The molecule has 1 saturated heterocycles. The van der Waals surface area contributed by atoms with Gasteiger partial charge in [-0.2, -0.15) is 22.7 Å². The maximum absolute atomic E-state index is 14.3. The van der Waals surface area contributed by atoms with Gasteiger partial charge in [0.25, 0.3) is 0 Å². The van der Waals surface area contributed by atoms with E-state index in [-0.39, 0.29) is 19.1 Å². The van der Waals surface area contributed by atoms with Gasteiger partial charge in [-0.05, 0) is 46.9 Å². The molecule has 202 valence electrons. The number of hydrogen-bond donors (Lipinski definition) is 2. The summed E-state index contributed by atoms with van der Waals surface area (Å²) >= 11 is 3.13. The highest BCUT2D eigenvalue weighted by molar-refractivity contribution is 7.08. The van der Waals surface area contributed by atoms with Crippen LogP contribution in [0, 0.1) is 23.7 Å². The van der Waals surface area contributed by atoms with E-state index < -0.39 is 24.3 Å². The van der Waals surface area contributed by atoms with Gasteiger partial charge in [0, 0.05) is 21.9 Å². The molecule has 2 amide bonds. The normalized spacial score (nSPS) is 20.7. The molecule has 5 nitrogen and oxygen atoms in total. The number of carbonyl (C=O) groups is 1. The monoisotopic (exact) mass is 566 g/mol. The molecule has 7 heteroatoms. The number of aliphatic hydroxyl groups is 2. The minimum Gasteiger partial charge on any atom is -0.388 e. The van der Waals surface area contributed by atoms with E-state index in [9.17, 15) is 15.0 Å². The number of urea groups is 1. The first-order valence-electron chi connectivity index (χ1n) is 13.1. The molecule has 3 heterocycles. The quantitative estimate of drug-likeness (QED) is 0.327. The predicted molar refractivity (Wildman–Crippen MR) is 161 cm³/mol. The van der Waals surface area contributed by atoms with Crippen LogP contribution < -0.4 is 0 Å². The van der Waals surface area contributed by atoms with Gasteiger partial charge in [-0.25, -0.2) is 4.79 Å². The molecule has 2 aromatic carbocycles. The molecule has 0 radical (unpaired) electrons. The number of hydrogen-bond acceptors (Lipinski definition) is 5. The van der Waals surface area contributed by atoms with E-state index in [1.165, 1.54) is 0 Å². The van der Waals surface area contributed by atoms with Gasteiger partial charge in [-0.1, -0.05) is 84.3 Å². The molecule has 0 saturated carbocycles. The van der Waals surface area contributed by atoms with Gasteiger partial charge in [-0.3, -0.25) is 0 Å². The largest absolute Gasteiger partial charge is 0.388 e. The van der Waals surface area contributed by atoms with Crippen LogP contribution in [0.3, 0.4) is 0 Å². The summed E-state index contributed by atoms with van der Waals surface area (Å²) < 4.78 is 0. The fraction of sp³-hybridized carbons (Fsp3) is 0.242. The lowest BCUT2D eigenvalue weighted by atomic mass is 9.91. The molecule has 4 aromatic rings. The Hall–Kier alpha value is -3.85.